The van der Waals surface area contributed by atoms with Gasteiger partial charge in [0.25, 0.3) is 0 Å². The van der Waals surface area contributed by atoms with Crippen molar-refractivity contribution < 1.29 is 4.74 Å². The molecule has 0 unspecified atom stereocenters. The number of nitrogen functional groups attached to an aromatic ring is 1. The number of nitrogens with one attached hydrogen (secondary N) is 1. The van der Waals surface area contributed by atoms with E-state index in [0.717, 1.165) is 16.8 Å². The van der Waals surface area contributed by atoms with E-state index >= 15 is 0 Å². The molecular weight excluding hydrogens is 272 g/mol. The quantitative estimate of drug-likeness (QED) is 0.668. The van der Waals surface area contributed by atoms with E-state index in [1.165, 1.54) is 37.0 Å². The number of fused-ring (bicyclic) bond motifs is 1. The van der Waals surface area contributed by atoms with Crippen molar-refractivity contribution in [2.75, 3.05) is 12.0 Å². The summed E-state index contributed by atoms with van der Waals surface area (Å²) in [6.45, 7) is 2.80. The van der Waals surface area contributed by atoms with Crippen LogP contribution in [0.5, 0.6) is 5.88 Å². The molecule has 0 atom stereocenters. The maximum absolute atomic E-state index is 5.97. The zero-order chi connectivity index (χ0) is 13.9. The van der Waals surface area contributed by atoms with E-state index in [0.29, 0.717) is 17.7 Å². The third-order valence-electron chi connectivity index (χ3n) is 3.79. The molecule has 3 rings (SSSR count). The number of rotatable bonds is 4. The van der Waals surface area contributed by atoms with Crippen LogP contribution in [0, 0.1) is 12.8 Å². The molecule has 1 aliphatic rings. The van der Waals surface area contributed by atoms with Gasteiger partial charge in [0.05, 0.1) is 12.0 Å². The van der Waals surface area contributed by atoms with Crippen LogP contribution in [0.25, 0.3) is 10.2 Å². The third kappa shape index (κ3) is 2.86. The summed E-state index contributed by atoms with van der Waals surface area (Å²) in [5.74, 6) is 7.15. The van der Waals surface area contributed by atoms with Crippen LogP contribution in [-0.4, -0.2) is 16.6 Å². The molecule has 5 nitrogen and oxygen atoms in total. The minimum Gasteiger partial charge on any atom is -0.477 e. The van der Waals surface area contributed by atoms with Crippen molar-refractivity contribution in [2.24, 2.45) is 11.8 Å². The maximum Gasteiger partial charge on any atom is 0.241 e. The van der Waals surface area contributed by atoms with E-state index < -0.39 is 0 Å². The first-order valence-electron chi connectivity index (χ1n) is 7.14. The second kappa shape index (κ2) is 5.93. The standard InChI is InChI=1S/C14H20N4OS/c1-9-7-11-12(16-14(18-15)17-13(11)20-9)19-8-10-5-3-2-4-6-10/h7,10H,2-6,8,15H2,1H3,(H,16,17,18). The molecule has 1 fully saturated rings. The summed E-state index contributed by atoms with van der Waals surface area (Å²) in [5.41, 5.74) is 2.51. The molecule has 0 saturated heterocycles. The van der Waals surface area contributed by atoms with Gasteiger partial charge >= 0.3 is 0 Å². The van der Waals surface area contributed by atoms with Crippen LogP contribution in [0.15, 0.2) is 6.07 Å². The summed E-state index contributed by atoms with van der Waals surface area (Å²) in [4.78, 5) is 10.8. The first kappa shape index (κ1) is 13.6. The van der Waals surface area contributed by atoms with Gasteiger partial charge in [-0.1, -0.05) is 19.3 Å². The lowest BCUT2D eigenvalue weighted by Gasteiger charge is -2.21. The number of thiophene rings is 1. The Kier molecular flexibility index (Phi) is 4.03. The van der Waals surface area contributed by atoms with Crippen LogP contribution < -0.4 is 16.0 Å². The van der Waals surface area contributed by atoms with Crippen molar-refractivity contribution in [2.45, 2.75) is 39.0 Å². The molecule has 0 aliphatic heterocycles. The number of ether oxygens (including phenoxy) is 1. The number of hydrogen-bond acceptors (Lipinski definition) is 6. The monoisotopic (exact) mass is 292 g/mol. The van der Waals surface area contributed by atoms with Gasteiger partial charge in [0.1, 0.15) is 4.83 Å². The van der Waals surface area contributed by atoms with Crippen molar-refractivity contribution in [3.05, 3.63) is 10.9 Å². The predicted molar refractivity (Wildman–Crippen MR) is 82.0 cm³/mol. The fourth-order valence-electron chi connectivity index (χ4n) is 2.74. The number of hydrazine groups is 1. The maximum atomic E-state index is 5.97. The molecule has 0 radical (unpaired) electrons. The summed E-state index contributed by atoms with van der Waals surface area (Å²) in [5, 5.41) is 0.988. The van der Waals surface area contributed by atoms with E-state index in [4.69, 9.17) is 10.6 Å². The SMILES string of the molecule is Cc1cc2c(OCC3CCCCC3)nc(NN)nc2s1. The Hall–Kier alpha value is -1.40. The van der Waals surface area contributed by atoms with Crippen molar-refractivity contribution in [3.63, 3.8) is 0 Å². The molecule has 2 heterocycles. The van der Waals surface area contributed by atoms with Crippen molar-refractivity contribution in [1.82, 2.24) is 9.97 Å². The number of nitrogens with two attached hydrogens (primary N) is 1. The Morgan fingerprint density at radius 1 is 1.35 bits per heavy atom. The molecule has 1 aliphatic carbocycles. The zero-order valence-corrected chi connectivity index (χ0v) is 12.5. The Morgan fingerprint density at radius 2 is 2.15 bits per heavy atom. The van der Waals surface area contributed by atoms with Crippen LogP contribution >= 0.6 is 11.3 Å². The minimum absolute atomic E-state index is 0.415. The normalized spacial score (nSPS) is 16.5. The molecule has 2 aromatic heterocycles. The highest BCUT2D eigenvalue weighted by Crippen LogP contribution is 2.32. The molecule has 0 aromatic carbocycles. The van der Waals surface area contributed by atoms with Crippen LogP contribution in [-0.2, 0) is 0 Å². The number of nitrogens with zero attached hydrogens (tertiary/aromatic N) is 2. The largest absolute Gasteiger partial charge is 0.477 e. The lowest BCUT2D eigenvalue weighted by atomic mass is 9.90. The summed E-state index contributed by atoms with van der Waals surface area (Å²) in [7, 11) is 0. The van der Waals surface area contributed by atoms with Gasteiger partial charge in [-0.2, -0.15) is 4.98 Å². The van der Waals surface area contributed by atoms with Gasteiger partial charge in [0, 0.05) is 4.88 Å². The number of anilines is 1. The van der Waals surface area contributed by atoms with Gasteiger partial charge in [-0.15, -0.1) is 11.3 Å². The van der Waals surface area contributed by atoms with E-state index in [-0.39, 0.29) is 0 Å². The van der Waals surface area contributed by atoms with Crippen molar-refractivity contribution in [3.8, 4) is 5.88 Å². The Morgan fingerprint density at radius 3 is 2.90 bits per heavy atom. The Labute approximate surface area is 122 Å². The summed E-state index contributed by atoms with van der Waals surface area (Å²) in [6.07, 6.45) is 6.53. The number of aryl methyl sites for hydroxylation is 1. The second-order valence-corrected chi connectivity index (χ2v) is 6.62. The predicted octanol–water partition coefficient (Wildman–Crippen LogP) is 3.24. The van der Waals surface area contributed by atoms with E-state index in [2.05, 4.69) is 28.4 Å². The van der Waals surface area contributed by atoms with E-state index in [1.807, 2.05) is 0 Å². The van der Waals surface area contributed by atoms with Gasteiger partial charge in [0.2, 0.25) is 11.8 Å². The highest BCUT2D eigenvalue weighted by molar-refractivity contribution is 7.18. The van der Waals surface area contributed by atoms with Crippen LogP contribution in [0.2, 0.25) is 0 Å². The van der Waals surface area contributed by atoms with Gasteiger partial charge in [-0.05, 0) is 31.7 Å². The molecule has 0 amide bonds. The summed E-state index contributed by atoms with van der Waals surface area (Å²) < 4.78 is 5.97. The second-order valence-electron chi connectivity index (χ2n) is 5.39. The van der Waals surface area contributed by atoms with Crippen LogP contribution in [0.4, 0.5) is 5.95 Å². The lowest BCUT2D eigenvalue weighted by Crippen LogP contribution is -2.16. The van der Waals surface area contributed by atoms with Gasteiger partial charge in [-0.3, -0.25) is 5.43 Å². The average Bonchev–Trinajstić information content (AvgIpc) is 2.86. The van der Waals surface area contributed by atoms with E-state index in [1.54, 1.807) is 11.3 Å². The van der Waals surface area contributed by atoms with E-state index in [9.17, 15) is 0 Å². The van der Waals surface area contributed by atoms with Crippen molar-refractivity contribution in [1.29, 1.82) is 0 Å². The molecule has 2 aromatic rings. The van der Waals surface area contributed by atoms with Crippen LogP contribution in [0.1, 0.15) is 37.0 Å². The highest BCUT2D eigenvalue weighted by Gasteiger charge is 2.16. The first-order chi connectivity index (χ1) is 9.76. The van der Waals surface area contributed by atoms with Gasteiger partial charge < -0.3 is 4.74 Å². The Bertz CT molecular complexity index is 592. The van der Waals surface area contributed by atoms with Gasteiger partial charge in [-0.25, -0.2) is 10.8 Å². The zero-order valence-electron chi connectivity index (χ0n) is 11.7. The lowest BCUT2D eigenvalue weighted by molar-refractivity contribution is 0.205. The van der Waals surface area contributed by atoms with Crippen molar-refractivity contribution >= 4 is 27.5 Å². The van der Waals surface area contributed by atoms with Gasteiger partial charge in [0.15, 0.2) is 0 Å². The smallest absolute Gasteiger partial charge is 0.241 e. The number of hydrogen-bond donors (Lipinski definition) is 2. The highest BCUT2D eigenvalue weighted by atomic mass is 32.1. The minimum atomic E-state index is 0.415. The molecule has 0 spiro atoms. The average molecular weight is 292 g/mol. The molecular formula is C14H20N4OS. The third-order valence-corrected chi connectivity index (χ3v) is 4.73. The fraction of sp³-hybridized carbons (Fsp3) is 0.571. The first-order valence-corrected chi connectivity index (χ1v) is 7.95. The summed E-state index contributed by atoms with van der Waals surface area (Å²) >= 11 is 1.63. The fourth-order valence-corrected chi connectivity index (χ4v) is 3.61. The molecule has 108 valence electrons. The molecule has 3 N–H and O–H groups in total. The molecule has 1 saturated carbocycles. The number of aromatic nitrogens is 2. The Balaban J connectivity index is 1.81. The van der Waals surface area contributed by atoms with Crippen LogP contribution in [0.3, 0.4) is 0 Å². The molecule has 0 bridgehead atoms. The topological polar surface area (TPSA) is 73.1 Å². The summed E-state index contributed by atoms with van der Waals surface area (Å²) in [6, 6.07) is 2.08. The molecule has 20 heavy (non-hydrogen) atoms. The molecule has 6 heteroatoms.